The molecule has 0 saturated carbocycles. The molecular weight excluding hydrogens is 232 g/mol. The van der Waals surface area contributed by atoms with Gasteiger partial charge in [0.1, 0.15) is 5.52 Å². The monoisotopic (exact) mass is 250 g/mol. The van der Waals surface area contributed by atoms with E-state index in [1.165, 1.54) is 0 Å². The minimum atomic E-state index is -0.701. The fourth-order valence-electron chi connectivity index (χ4n) is 1.98. The first-order chi connectivity index (χ1) is 8.58. The molecule has 1 atom stereocenters. The second-order valence-electron chi connectivity index (χ2n) is 4.57. The third-order valence-electron chi connectivity index (χ3n) is 2.74. The number of likely N-dealkylation sites (N-methyl/N-ethyl adjacent to an activating group) is 1. The Labute approximate surface area is 106 Å². The second-order valence-corrected chi connectivity index (χ2v) is 4.57. The van der Waals surface area contributed by atoms with Crippen LogP contribution in [0.4, 0.5) is 0 Å². The minimum Gasteiger partial charge on any atom is -0.441 e. The summed E-state index contributed by atoms with van der Waals surface area (Å²) in [7, 11) is 1.90. The molecule has 0 aliphatic rings. The summed E-state index contributed by atoms with van der Waals surface area (Å²) in [6.45, 7) is 2.74. The summed E-state index contributed by atoms with van der Waals surface area (Å²) in [5.41, 5.74) is 2.74. The number of rotatable bonds is 5. The van der Waals surface area contributed by atoms with E-state index in [0.717, 1.165) is 16.7 Å². The molecule has 0 saturated heterocycles. The fourth-order valence-corrected chi connectivity index (χ4v) is 1.98. The molecule has 5 nitrogen and oxygen atoms in total. The van der Waals surface area contributed by atoms with Gasteiger partial charge in [0, 0.05) is 20.0 Å². The quantitative estimate of drug-likeness (QED) is 0.826. The van der Waals surface area contributed by atoms with Crippen molar-refractivity contribution in [1.29, 1.82) is 0 Å². The van der Waals surface area contributed by atoms with Gasteiger partial charge in [-0.05, 0) is 24.7 Å². The van der Waals surface area contributed by atoms with E-state index in [-0.39, 0.29) is 6.61 Å². The fraction of sp³-hybridized carbons (Fsp3) is 0.462. The second kappa shape index (κ2) is 5.48. The smallest absolute Gasteiger partial charge is 0.192 e. The topological polar surface area (TPSA) is 69.7 Å². The van der Waals surface area contributed by atoms with Crippen LogP contribution in [0.25, 0.3) is 11.1 Å². The molecule has 5 heteroatoms. The molecule has 1 heterocycles. The summed E-state index contributed by atoms with van der Waals surface area (Å²) in [5.74, 6) is 0.659. The van der Waals surface area contributed by atoms with Crippen LogP contribution in [0.5, 0.6) is 0 Å². The maximum absolute atomic E-state index is 9.36. The maximum atomic E-state index is 9.36. The van der Waals surface area contributed by atoms with Gasteiger partial charge in [-0.2, -0.15) is 0 Å². The van der Waals surface area contributed by atoms with Crippen molar-refractivity contribution in [2.45, 2.75) is 19.6 Å². The number of benzene rings is 1. The molecule has 0 amide bonds. The normalized spacial score (nSPS) is 13.4. The zero-order valence-corrected chi connectivity index (χ0v) is 10.6. The van der Waals surface area contributed by atoms with E-state index in [4.69, 9.17) is 9.52 Å². The van der Waals surface area contributed by atoms with Crippen LogP contribution in [0.3, 0.4) is 0 Å². The highest BCUT2D eigenvalue weighted by atomic mass is 16.3. The molecule has 0 bridgehead atoms. The van der Waals surface area contributed by atoms with E-state index in [2.05, 4.69) is 4.98 Å². The zero-order chi connectivity index (χ0) is 13.1. The predicted octanol–water partition coefficient (Wildman–Crippen LogP) is 0.921. The number of hydrogen-bond acceptors (Lipinski definition) is 5. The lowest BCUT2D eigenvalue weighted by molar-refractivity contribution is 0.0648. The van der Waals surface area contributed by atoms with E-state index < -0.39 is 6.10 Å². The van der Waals surface area contributed by atoms with Gasteiger partial charge in [-0.1, -0.05) is 6.07 Å². The van der Waals surface area contributed by atoms with Crippen molar-refractivity contribution in [1.82, 2.24) is 9.88 Å². The average molecular weight is 250 g/mol. The first-order valence-electron chi connectivity index (χ1n) is 5.92. The first kappa shape index (κ1) is 13.0. The van der Waals surface area contributed by atoms with Crippen molar-refractivity contribution in [2.24, 2.45) is 0 Å². The van der Waals surface area contributed by atoms with Crippen LogP contribution in [-0.4, -0.2) is 46.4 Å². The van der Waals surface area contributed by atoms with E-state index in [1.54, 1.807) is 0 Å². The van der Waals surface area contributed by atoms with Crippen molar-refractivity contribution in [3.8, 4) is 0 Å². The lowest BCUT2D eigenvalue weighted by Gasteiger charge is -2.19. The summed E-state index contributed by atoms with van der Waals surface area (Å²) in [4.78, 5) is 6.24. The van der Waals surface area contributed by atoms with E-state index >= 15 is 0 Å². The molecule has 0 aliphatic carbocycles. The molecular formula is C13H18N2O3. The molecule has 2 rings (SSSR count). The van der Waals surface area contributed by atoms with Crippen LogP contribution >= 0.6 is 0 Å². The summed E-state index contributed by atoms with van der Waals surface area (Å²) in [6, 6.07) is 5.86. The van der Waals surface area contributed by atoms with E-state index in [1.807, 2.05) is 37.1 Å². The van der Waals surface area contributed by atoms with E-state index in [0.29, 0.717) is 19.0 Å². The van der Waals surface area contributed by atoms with Crippen LogP contribution < -0.4 is 0 Å². The summed E-state index contributed by atoms with van der Waals surface area (Å²) in [5, 5.41) is 18.2. The van der Waals surface area contributed by atoms with Crippen LogP contribution in [0.2, 0.25) is 0 Å². The van der Waals surface area contributed by atoms with Crippen molar-refractivity contribution >= 4 is 11.1 Å². The van der Waals surface area contributed by atoms with Gasteiger partial charge < -0.3 is 14.6 Å². The van der Waals surface area contributed by atoms with E-state index in [9.17, 15) is 5.11 Å². The minimum absolute atomic E-state index is 0.216. The molecule has 0 radical (unpaired) electrons. The highest BCUT2D eigenvalue weighted by molar-refractivity contribution is 5.73. The largest absolute Gasteiger partial charge is 0.441 e. The molecule has 1 unspecified atom stereocenters. The molecule has 2 N–H and O–H groups in total. The molecule has 0 aliphatic heterocycles. The first-order valence-corrected chi connectivity index (χ1v) is 5.92. The van der Waals surface area contributed by atoms with Crippen LogP contribution in [0.1, 0.15) is 11.5 Å². The Morgan fingerprint density at radius 3 is 2.94 bits per heavy atom. The third-order valence-corrected chi connectivity index (χ3v) is 2.74. The van der Waals surface area contributed by atoms with Crippen molar-refractivity contribution in [3.05, 3.63) is 29.7 Å². The lowest BCUT2D eigenvalue weighted by Crippen LogP contribution is -2.30. The van der Waals surface area contributed by atoms with Gasteiger partial charge in [-0.3, -0.25) is 4.90 Å². The van der Waals surface area contributed by atoms with Gasteiger partial charge in [-0.15, -0.1) is 0 Å². The van der Waals surface area contributed by atoms with Crippen molar-refractivity contribution in [2.75, 3.05) is 20.2 Å². The van der Waals surface area contributed by atoms with Crippen LogP contribution in [-0.2, 0) is 6.54 Å². The number of hydrogen-bond donors (Lipinski definition) is 2. The number of aryl methyl sites for hydroxylation is 1. The highest BCUT2D eigenvalue weighted by Crippen LogP contribution is 2.17. The van der Waals surface area contributed by atoms with Crippen molar-refractivity contribution in [3.63, 3.8) is 0 Å². The Kier molecular flexibility index (Phi) is 3.96. The van der Waals surface area contributed by atoms with Gasteiger partial charge in [0.15, 0.2) is 11.5 Å². The molecule has 2 aromatic rings. The number of aliphatic hydroxyl groups is 2. The molecule has 0 spiro atoms. The van der Waals surface area contributed by atoms with Gasteiger partial charge in [0.05, 0.1) is 12.7 Å². The Hall–Kier alpha value is -1.43. The van der Waals surface area contributed by atoms with Gasteiger partial charge in [0.2, 0.25) is 0 Å². The van der Waals surface area contributed by atoms with Crippen LogP contribution in [0.15, 0.2) is 22.6 Å². The molecule has 1 aromatic carbocycles. The Bertz CT molecular complexity index is 524. The number of fused-ring (bicyclic) bond motifs is 1. The standard InChI is InChI=1S/C13H18N2O3/c1-9-14-12-5-10(3-4-13(12)18-9)6-15(2)7-11(17)8-16/h3-5,11,16-17H,6-8H2,1-2H3. The number of nitrogens with zero attached hydrogens (tertiary/aromatic N) is 2. The molecule has 18 heavy (non-hydrogen) atoms. The van der Waals surface area contributed by atoms with Gasteiger partial charge >= 0.3 is 0 Å². The van der Waals surface area contributed by atoms with Crippen molar-refractivity contribution < 1.29 is 14.6 Å². The van der Waals surface area contributed by atoms with Gasteiger partial charge in [-0.25, -0.2) is 4.98 Å². The Morgan fingerprint density at radius 2 is 2.22 bits per heavy atom. The van der Waals surface area contributed by atoms with Gasteiger partial charge in [0.25, 0.3) is 0 Å². The maximum Gasteiger partial charge on any atom is 0.192 e. The Balaban J connectivity index is 2.07. The predicted molar refractivity (Wildman–Crippen MR) is 68.2 cm³/mol. The number of aromatic nitrogens is 1. The number of oxazole rings is 1. The molecule has 98 valence electrons. The third kappa shape index (κ3) is 3.07. The zero-order valence-electron chi connectivity index (χ0n) is 10.6. The lowest BCUT2D eigenvalue weighted by atomic mass is 10.2. The Morgan fingerprint density at radius 1 is 1.44 bits per heavy atom. The SMILES string of the molecule is Cc1nc2cc(CN(C)CC(O)CO)ccc2o1. The highest BCUT2D eigenvalue weighted by Gasteiger charge is 2.09. The van der Waals surface area contributed by atoms with Crippen LogP contribution in [0, 0.1) is 6.92 Å². The average Bonchev–Trinajstić information content (AvgIpc) is 2.68. The summed E-state index contributed by atoms with van der Waals surface area (Å²) >= 11 is 0. The number of aliphatic hydroxyl groups excluding tert-OH is 2. The summed E-state index contributed by atoms with van der Waals surface area (Å²) in [6.07, 6.45) is -0.701. The summed E-state index contributed by atoms with van der Waals surface area (Å²) < 4.78 is 5.41. The molecule has 1 aromatic heterocycles. The molecule has 0 fully saturated rings.